The molecule has 0 nitrogen and oxygen atoms in total. The van der Waals surface area contributed by atoms with E-state index in [4.69, 9.17) is 11.6 Å². The monoisotopic (exact) mass is 564 g/mol. The fourth-order valence-corrected chi connectivity index (χ4v) is 8.14. The van der Waals surface area contributed by atoms with Crippen molar-refractivity contribution in [3.8, 4) is 33.4 Å². The Bertz CT molecular complexity index is 1550. The first-order chi connectivity index (χ1) is 17.9. The van der Waals surface area contributed by atoms with Gasteiger partial charge in [0.25, 0.3) is 0 Å². The van der Waals surface area contributed by atoms with Crippen molar-refractivity contribution in [2.45, 2.75) is 38.5 Å². The van der Waals surface area contributed by atoms with Crippen molar-refractivity contribution in [3.63, 3.8) is 0 Å². The first-order valence-electron chi connectivity index (χ1n) is 13.4. The molecule has 1 spiro atoms. The zero-order chi connectivity index (χ0) is 25.3. The zero-order valence-electron chi connectivity index (χ0n) is 21.3. The molecule has 0 N–H and O–H groups in total. The normalized spacial score (nSPS) is 25.5. The minimum Gasteiger partial charge on any atom is -0.0836 e. The molecule has 7 rings (SSSR count). The van der Waals surface area contributed by atoms with E-state index >= 15 is 0 Å². The van der Waals surface area contributed by atoms with E-state index < -0.39 is 0 Å². The molecule has 1 saturated carbocycles. The number of halogens is 2. The predicted octanol–water partition coefficient (Wildman–Crippen LogP) is 10.7. The number of fused-ring (bicyclic) bond motifs is 8. The number of rotatable bonds is 2. The van der Waals surface area contributed by atoms with Crippen LogP contribution < -0.4 is 0 Å². The molecule has 4 aromatic carbocycles. The van der Waals surface area contributed by atoms with Crippen LogP contribution in [-0.4, -0.2) is 0 Å². The zero-order valence-corrected chi connectivity index (χ0v) is 23.6. The van der Waals surface area contributed by atoms with Crippen LogP contribution in [0.5, 0.6) is 0 Å². The second-order valence-corrected chi connectivity index (χ2v) is 12.8. The van der Waals surface area contributed by atoms with Crippen molar-refractivity contribution in [1.82, 2.24) is 0 Å². The molecule has 0 aliphatic heterocycles. The molecule has 0 saturated heterocycles. The number of allylic oxidation sites excluding steroid dienone is 2. The maximum Gasteiger partial charge on any atom is 0.0490 e. The van der Waals surface area contributed by atoms with Crippen molar-refractivity contribution in [2.24, 2.45) is 17.8 Å². The Kier molecular flexibility index (Phi) is 5.54. The summed E-state index contributed by atoms with van der Waals surface area (Å²) >= 11 is 10.6. The Morgan fingerprint density at radius 1 is 0.730 bits per heavy atom. The molecule has 37 heavy (non-hydrogen) atoms. The fraction of sp³-hybridized carbons (Fsp3) is 0.257. The molecule has 3 aliphatic carbocycles. The third-order valence-corrected chi connectivity index (χ3v) is 10.1. The summed E-state index contributed by atoms with van der Waals surface area (Å²) in [6.45, 7) is 4.83. The van der Waals surface area contributed by atoms with E-state index in [9.17, 15) is 0 Å². The van der Waals surface area contributed by atoms with Gasteiger partial charge in [-0.1, -0.05) is 107 Å². The molecule has 184 valence electrons. The van der Waals surface area contributed by atoms with Gasteiger partial charge in [-0.2, -0.15) is 0 Å². The first kappa shape index (κ1) is 23.5. The summed E-state index contributed by atoms with van der Waals surface area (Å²) in [5.41, 5.74) is 11.8. The fourth-order valence-electron chi connectivity index (χ4n) is 7.61. The van der Waals surface area contributed by atoms with Crippen LogP contribution in [0.4, 0.5) is 0 Å². The average molecular weight is 566 g/mol. The molecule has 4 atom stereocenters. The summed E-state index contributed by atoms with van der Waals surface area (Å²) in [4.78, 5) is 0. The minimum absolute atomic E-state index is 0.0576. The van der Waals surface area contributed by atoms with Gasteiger partial charge in [0.05, 0.1) is 0 Å². The maximum atomic E-state index is 7.05. The van der Waals surface area contributed by atoms with Crippen LogP contribution in [0.25, 0.3) is 33.4 Å². The van der Waals surface area contributed by atoms with Crippen molar-refractivity contribution >= 4 is 27.5 Å². The van der Waals surface area contributed by atoms with Gasteiger partial charge < -0.3 is 0 Å². The SMILES string of the molecule is CC1=CC2(c3ccccc3-c3cc(Cl)c(-c4ccc(-c5ccc(Br)cc5)cc4)cc32)C2CC(C)CC1C2. The van der Waals surface area contributed by atoms with Gasteiger partial charge >= 0.3 is 0 Å². The highest BCUT2D eigenvalue weighted by Crippen LogP contribution is 2.62. The summed E-state index contributed by atoms with van der Waals surface area (Å²) < 4.78 is 1.10. The third kappa shape index (κ3) is 3.62. The van der Waals surface area contributed by atoms with Crippen LogP contribution in [0.2, 0.25) is 5.02 Å². The molecule has 0 heterocycles. The Balaban J connectivity index is 1.39. The Hall–Kier alpha value is -2.61. The molecular formula is C35H30BrCl. The van der Waals surface area contributed by atoms with E-state index in [1.807, 2.05) is 0 Å². The standard InChI is InChI=1S/C35H30BrCl/c1-21-15-26-17-27(16-21)35(20-22(26)2)32-6-4-3-5-29(32)31-19-34(37)30(18-33(31)35)25-9-7-23(8-10-25)24-11-13-28(36)14-12-24/h3-14,18-21,26-27H,15-17H2,1-2H3. The maximum absolute atomic E-state index is 7.05. The van der Waals surface area contributed by atoms with Crippen LogP contribution >= 0.6 is 27.5 Å². The minimum atomic E-state index is -0.0576. The lowest BCUT2D eigenvalue weighted by molar-refractivity contribution is 0.168. The highest BCUT2D eigenvalue weighted by atomic mass is 79.9. The Morgan fingerprint density at radius 3 is 2.16 bits per heavy atom. The summed E-state index contributed by atoms with van der Waals surface area (Å²) in [5, 5.41) is 0.827. The predicted molar refractivity (Wildman–Crippen MR) is 160 cm³/mol. The molecule has 3 aliphatic rings. The molecular weight excluding hydrogens is 536 g/mol. The summed E-state index contributed by atoms with van der Waals surface area (Å²) in [5.74, 6) is 2.12. The number of hydrogen-bond acceptors (Lipinski definition) is 0. The van der Waals surface area contributed by atoms with Gasteiger partial charge in [-0.25, -0.2) is 0 Å². The second-order valence-electron chi connectivity index (χ2n) is 11.5. The first-order valence-corrected chi connectivity index (χ1v) is 14.6. The molecule has 4 unspecified atom stereocenters. The third-order valence-electron chi connectivity index (χ3n) is 9.28. The van der Waals surface area contributed by atoms with E-state index in [1.54, 1.807) is 5.57 Å². The van der Waals surface area contributed by atoms with Crippen LogP contribution in [0.15, 0.2) is 101 Å². The topological polar surface area (TPSA) is 0 Å². The molecule has 2 heteroatoms. The van der Waals surface area contributed by atoms with Gasteiger partial charge in [0.1, 0.15) is 0 Å². The molecule has 0 radical (unpaired) electrons. The van der Waals surface area contributed by atoms with Gasteiger partial charge in [0, 0.05) is 20.5 Å². The van der Waals surface area contributed by atoms with Gasteiger partial charge in [-0.3, -0.25) is 0 Å². The number of hydrogen-bond donors (Lipinski definition) is 0. The summed E-state index contributed by atoms with van der Waals surface area (Å²) in [7, 11) is 0. The van der Waals surface area contributed by atoms with Crippen molar-refractivity contribution in [3.05, 3.63) is 117 Å². The average Bonchev–Trinajstić information content (AvgIpc) is 3.17. The quantitative estimate of drug-likeness (QED) is 0.212. The second kappa shape index (κ2) is 8.72. The number of benzene rings is 4. The molecule has 0 amide bonds. The van der Waals surface area contributed by atoms with E-state index in [-0.39, 0.29) is 5.41 Å². The van der Waals surface area contributed by atoms with Crippen molar-refractivity contribution < 1.29 is 0 Å². The van der Waals surface area contributed by atoms with Crippen LogP contribution in [0.3, 0.4) is 0 Å². The molecule has 4 aromatic rings. The van der Waals surface area contributed by atoms with Gasteiger partial charge in [-0.15, -0.1) is 0 Å². The van der Waals surface area contributed by atoms with E-state index in [1.165, 1.54) is 58.2 Å². The van der Waals surface area contributed by atoms with Crippen LogP contribution in [0.1, 0.15) is 44.2 Å². The largest absolute Gasteiger partial charge is 0.0836 e. The van der Waals surface area contributed by atoms with E-state index in [0.29, 0.717) is 5.92 Å². The lowest BCUT2D eigenvalue weighted by atomic mass is 9.55. The highest BCUT2D eigenvalue weighted by Gasteiger charge is 2.52. The van der Waals surface area contributed by atoms with Gasteiger partial charge in [-0.05, 0) is 107 Å². The highest BCUT2D eigenvalue weighted by molar-refractivity contribution is 9.10. The molecule has 1 fully saturated rings. The van der Waals surface area contributed by atoms with E-state index in [0.717, 1.165) is 26.9 Å². The summed E-state index contributed by atoms with van der Waals surface area (Å²) in [6, 6.07) is 31.1. The van der Waals surface area contributed by atoms with Crippen LogP contribution in [0, 0.1) is 17.8 Å². The lowest BCUT2D eigenvalue weighted by Crippen LogP contribution is -2.42. The molecule has 2 bridgehead atoms. The van der Waals surface area contributed by atoms with Crippen LogP contribution in [-0.2, 0) is 5.41 Å². The lowest BCUT2D eigenvalue weighted by Gasteiger charge is -2.49. The smallest absolute Gasteiger partial charge is 0.0490 e. The van der Waals surface area contributed by atoms with Crippen molar-refractivity contribution in [2.75, 3.05) is 0 Å². The summed E-state index contributed by atoms with van der Waals surface area (Å²) in [6.07, 6.45) is 6.56. The van der Waals surface area contributed by atoms with Gasteiger partial charge in [0.15, 0.2) is 0 Å². The molecule has 0 aromatic heterocycles. The van der Waals surface area contributed by atoms with E-state index in [2.05, 4.69) is 121 Å². The Labute approximate surface area is 233 Å². The van der Waals surface area contributed by atoms with Gasteiger partial charge in [0.2, 0.25) is 0 Å². The Morgan fingerprint density at radius 2 is 1.41 bits per heavy atom. The van der Waals surface area contributed by atoms with Crippen molar-refractivity contribution in [1.29, 1.82) is 0 Å².